The van der Waals surface area contributed by atoms with E-state index in [2.05, 4.69) is 9.72 Å². The maximum atomic E-state index is 12.5. The van der Waals surface area contributed by atoms with E-state index >= 15 is 0 Å². The summed E-state index contributed by atoms with van der Waals surface area (Å²) < 4.78 is 78.6. The van der Waals surface area contributed by atoms with E-state index in [1.807, 2.05) is 0 Å². The van der Waals surface area contributed by atoms with Crippen molar-refractivity contribution >= 4 is 6.29 Å². The summed E-state index contributed by atoms with van der Waals surface area (Å²) >= 11 is 0. The summed E-state index contributed by atoms with van der Waals surface area (Å²) in [5, 5.41) is 0. The molecule has 0 fully saturated rings. The number of hydrogen-bond donors (Lipinski definition) is 0. The Morgan fingerprint density at radius 2 is 1.75 bits per heavy atom. The molecular formula is C15H9F6NO2. The highest BCUT2D eigenvalue weighted by Crippen LogP contribution is 2.31. The number of aldehydes is 1. The fourth-order valence-corrected chi connectivity index (χ4v) is 1.82. The van der Waals surface area contributed by atoms with E-state index in [4.69, 9.17) is 0 Å². The number of pyridine rings is 1. The zero-order chi connectivity index (χ0) is 18.0. The Balaban J connectivity index is 2.34. The van der Waals surface area contributed by atoms with Crippen LogP contribution in [0.15, 0.2) is 36.5 Å². The number of ether oxygens (including phenoxy) is 1. The lowest BCUT2D eigenvalue weighted by atomic mass is 10.1. The van der Waals surface area contributed by atoms with Crippen LogP contribution in [0.1, 0.15) is 15.9 Å². The lowest BCUT2D eigenvalue weighted by Crippen LogP contribution is -2.19. The molecule has 0 aliphatic rings. The third-order valence-corrected chi connectivity index (χ3v) is 2.85. The second-order valence-electron chi connectivity index (χ2n) is 4.74. The molecule has 9 heteroatoms. The number of rotatable bonds is 4. The van der Waals surface area contributed by atoms with Gasteiger partial charge in [-0.15, -0.1) is 0 Å². The lowest BCUT2D eigenvalue weighted by molar-refractivity contribution is -0.153. The number of carbonyl (C=O) groups is 1. The second-order valence-corrected chi connectivity index (χ2v) is 4.74. The fourth-order valence-electron chi connectivity index (χ4n) is 1.82. The minimum Gasteiger partial charge on any atom is -0.484 e. The molecule has 0 unspecified atom stereocenters. The molecule has 0 amide bonds. The molecule has 0 aliphatic carbocycles. The van der Waals surface area contributed by atoms with E-state index in [1.165, 1.54) is 6.07 Å². The summed E-state index contributed by atoms with van der Waals surface area (Å²) in [5.74, 6) is -0.242. The molecule has 0 aliphatic heterocycles. The van der Waals surface area contributed by atoms with Crippen LogP contribution in [0.25, 0.3) is 11.3 Å². The van der Waals surface area contributed by atoms with Crippen LogP contribution in [0.5, 0.6) is 5.75 Å². The second kappa shape index (κ2) is 6.50. The Kier molecular flexibility index (Phi) is 4.81. The maximum Gasteiger partial charge on any atom is 0.422 e. The molecule has 2 rings (SSSR count). The minimum absolute atomic E-state index is 0.00590. The van der Waals surface area contributed by atoms with Crippen LogP contribution in [0.3, 0.4) is 0 Å². The van der Waals surface area contributed by atoms with Crippen molar-refractivity contribution in [3.05, 3.63) is 47.7 Å². The molecule has 128 valence electrons. The zero-order valence-electron chi connectivity index (χ0n) is 11.8. The first-order chi connectivity index (χ1) is 11.1. The first kappa shape index (κ1) is 17.8. The smallest absolute Gasteiger partial charge is 0.422 e. The van der Waals surface area contributed by atoms with E-state index in [0.717, 1.165) is 24.3 Å². The highest BCUT2D eigenvalue weighted by molar-refractivity contribution is 5.79. The summed E-state index contributed by atoms with van der Waals surface area (Å²) in [5.41, 5.74) is -0.744. The van der Waals surface area contributed by atoms with Crippen molar-refractivity contribution in [1.29, 1.82) is 0 Å². The SMILES string of the molecule is O=Cc1cc(OCC(F)(F)F)cc(-c2ccc(C(F)(F)F)cn2)c1. The molecule has 1 aromatic heterocycles. The number of carbonyl (C=O) groups excluding carboxylic acids is 1. The van der Waals surface area contributed by atoms with E-state index in [1.54, 1.807) is 0 Å². The number of halogens is 6. The Hall–Kier alpha value is -2.58. The molecule has 24 heavy (non-hydrogen) atoms. The number of alkyl halides is 6. The molecule has 1 heterocycles. The van der Waals surface area contributed by atoms with Gasteiger partial charge in [0.05, 0.1) is 11.3 Å². The summed E-state index contributed by atoms with van der Waals surface area (Å²) in [7, 11) is 0. The van der Waals surface area contributed by atoms with E-state index in [9.17, 15) is 31.1 Å². The molecule has 0 spiro atoms. The van der Waals surface area contributed by atoms with Gasteiger partial charge in [-0.25, -0.2) is 0 Å². The molecule has 0 atom stereocenters. The van der Waals surface area contributed by atoms with Crippen LogP contribution in [0, 0.1) is 0 Å². The van der Waals surface area contributed by atoms with Gasteiger partial charge in [-0.1, -0.05) is 0 Å². The molecule has 1 aromatic carbocycles. The van der Waals surface area contributed by atoms with Gasteiger partial charge in [-0.05, 0) is 30.3 Å². The first-order valence-corrected chi connectivity index (χ1v) is 6.42. The van der Waals surface area contributed by atoms with Crippen molar-refractivity contribution < 1.29 is 35.9 Å². The average Bonchev–Trinajstić information content (AvgIpc) is 2.51. The standard InChI is InChI=1S/C15H9F6NO2/c16-14(17,18)8-24-12-4-9(7-23)3-10(5-12)13-2-1-11(6-22-13)15(19,20)21/h1-7H,8H2. The summed E-state index contributed by atoms with van der Waals surface area (Å²) in [6, 6.07) is 5.37. The Bertz CT molecular complexity index is 722. The van der Waals surface area contributed by atoms with Gasteiger partial charge in [-0.2, -0.15) is 26.3 Å². The largest absolute Gasteiger partial charge is 0.484 e. The Morgan fingerprint density at radius 1 is 1.04 bits per heavy atom. The van der Waals surface area contributed by atoms with Crippen LogP contribution < -0.4 is 4.74 Å². The highest BCUT2D eigenvalue weighted by Gasteiger charge is 2.31. The number of nitrogens with zero attached hydrogens (tertiary/aromatic N) is 1. The van der Waals surface area contributed by atoms with Gasteiger partial charge in [0.1, 0.15) is 12.0 Å². The summed E-state index contributed by atoms with van der Waals surface area (Å²) in [4.78, 5) is 14.5. The van der Waals surface area contributed by atoms with Crippen molar-refractivity contribution in [1.82, 2.24) is 4.98 Å². The lowest BCUT2D eigenvalue weighted by Gasteiger charge is -2.11. The van der Waals surface area contributed by atoms with Crippen molar-refractivity contribution in [2.24, 2.45) is 0 Å². The topological polar surface area (TPSA) is 39.2 Å². The van der Waals surface area contributed by atoms with Gasteiger partial charge >= 0.3 is 12.4 Å². The molecule has 0 bridgehead atoms. The van der Waals surface area contributed by atoms with Gasteiger partial charge in [0.25, 0.3) is 0 Å². The maximum absolute atomic E-state index is 12.5. The van der Waals surface area contributed by atoms with Crippen molar-refractivity contribution in [3.8, 4) is 17.0 Å². The predicted octanol–water partition coefficient (Wildman–Crippen LogP) is 4.52. The van der Waals surface area contributed by atoms with E-state index < -0.39 is 24.5 Å². The predicted molar refractivity (Wildman–Crippen MR) is 71.6 cm³/mol. The molecular weight excluding hydrogens is 340 g/mol. The quantitative estimate of drug-likeness (QED) is 0.602. The van der Waals surface area contributed by atoms with Crippen LogP contribution in [-0.2, 0) is 6.18 Å². The van der Waals surface area contributed by atoms with Crippen molar-refractivity contribution in [2.45, 2.75) is 12.4 Å². The Labute approximate surface area is 131 Å². The average molecular weight is 349 g/mol. The molecule has 3 nitrogen and oxygen atoms in total. The van der Waals surface area contributed by atoms with Crippen LogP contribution in [0.2, 0.25) is 0 Å². The van der Waals surface area contributed by atoms with Crippen LogP contribution in [0.4, 0.5) is 26.3 Å². The van der Waals surface area contributed by atoms with Crippen molar-refractivity contribution in [2.75, 3.05) is 6.61 Å². The highest BCUT2D eigenvalue weighted by atomic mass is 19.4. The van der Waals surface area contributed by atoms with Crippen molar-refractivity contribution in [3.63, 3.8) is 0 Å². The molecule has 0 N–H and O–H groups in total. The Morgan fingerprint density at radius 3 is 2.25 bits per heavy atom. The fraction of sp³-hybridized carbons (Fsp3) is 0.200. The minimum atomic E-state index is -4.57. The number of aromatic nitrogens is 1. The molecule has 0 saturated carbocycles. The first-order valence-electron chi connectivity index (χ1n) is 6.42. The van der Waals surface area contributed by atoms with Gasteiger partial charge in [0.2, 0.25) is 0 Å². The van der Waals surface area contributed by atoms with E-state index in [-0.39, 0.29) is 22.6 Å². The van der Waals surface area contributed by atoms with Crippen LogP contribution >= 0.6 is 0 Å². The van der Waals surface area contributed by atoms with E-state index in [0.29, 0.717) is 12.5 Å². The molecule has 0 saturated heterocycles. The van der Waals surface area contributed by atoms with Gasteiger partial charge in [-0.3, -0.25) is 9.78 Å². The molecule has 2 aromatic rings. The van der Waals surface area contributed by atoms with Gasteiger partial charge < -0.3 is 4.74 Å². The third kappa shape index (κ3) is 4.71. The monoisotopic (exact) mass is 349 g/mol. The van der Waals surface area contributed by atoms with Gasteiger partial charge in [0, 0.05) is 17.3 Å². The summed E-state index contributed by atoms with van der Waals surface area (Å²) in [6.07, 6.45) is -8.14. The third-order valence-electron chi connectivity index (χ3n) is 2.85. The normalized spacial score (nSPS) is 12.1. The summed E-state index contributed by atoms with van der Waals surface area (Å²) in [6.45, 7) is -1.56. The zero-order valence-corrected chi connectivity index (χ0v) is 11.8. The number of hydrogen-bond acceptors (Lipinski definition) is 3. The van der Waals surface area contributed by atoms with Gasteiger partial charge in [0.15, 0.2) is 6.61 Å². The van der Waals surface area contributed by atoms with Crippen LogP contribution in [-0.4, -0.2) is 24.1 Å². The number of benzene rings is 1. The molecule has 0 radical (unpaired) electrons.